The van der Waals surface area contributed by atoms with E-state index in [-0.39, 0.29) is 11.3 Å². The van der Waals surface area contributed by atoms with Crippen LogP contribution < -0.4 is 16.0 Å². The zero-order valence-electron chi connectivity index (χ0n) is 13.1. The average molecular weight is 291 g/mol. The van der Waals surface area contributed by atoms with Crippen molar-refractivity contribution in [2.75, 3.05) is 44.5 Å². The van der Waals surface area contributed by atoms with E-state index in [1.165, 1.54) is 0 Å². The van der Waals surface area contributed by atoms with Gasteiger partial charge in [0.1, 0.15) is 0 Å². The number of carbonyl (C=O) groups is 1. The van der Waals surface area contributed by atoms with E-state index >= 15 is 0 Å². The summed E-state index contributed by atoms with van der Waals surface area (Å²) in [6.07, 6.45) is 1.95. The lowest BCUT2D eigenvalue weighted by atomic mass is 9.82. The van der Waals surface area contributed by atoms with Crippen LogP contribution in [0.15, 0.2) is 18.2 Å². The normalized spacial score (nSPS) is 17.3. The fourth-order valence-electron chi connectivity index (χ4n) is 2.56. The smallest absolute Gasteiger partial charge is 0.253 e. The van der Waals surface area contributed by atoms with E-state index in [2.05, 4.69) is 12.2 Å². The van der Waals surface area contributed by atoms with Crippen LogP contribution in [0, 0.1) is 5.41 Å². The van der Waals surface area contributed by atoms with Gasteiger partial charge in [-0.05, 0) is 36.5 Å². The standard InChI is InChI=1S/C16H25N3O2/c1-16(6-8-21-9-7-16)11-18-15(20)13-10-12(17)4-5-14(13)19(2)3/h4-5,10H,6-9,11,17H2,1-3H3,(H,18,20). The van der Waals surface area contributed by atoms with Crippen LogP contribution in [0.3, 0.4) is 0 Å². The van der Waals surface area contributed by atoms with E-state index in [1.807, 2.05) is 31.1 Å². The van der Waals surface area contributed by atoms with Gasteiger partial charge >= 0.3 is 0 Å². The molecule has 3 N–H and O–H groups in total. The minimum Gasteiger partial charge on any atom is -0.399 e. The Morgan fingerprint density at radius 3 is 2.67 bits per heavy atom. The average Bonchev–Trinajstić information content (AvgIpc) is 2.45. The number of nitrogens with two attached hydrogens (primary N) is 1. The van der Waals surface area contributed by atoms with Gasteiger partial charge in [-0.3, -0.25) is 4.79 Å². The highest BCUT2D eigenvalue weighted by atomic mass is 16.5. The van der Waals surface area contributed by atoms with E-state index in [1.54, 1.807) is 6.07 Å². The summed E-state index contributed by atoms with van der Waals surface area (Å²) in [6.45, 7) is 4.40. The Hall–Kier alpha value is -1.75. The number of nitrogens with one attached hydrogen (secondary N) is 1. The molecule has 0 atom stereocenters. The maximum atomic E-state index is 12.5. The van der Waals surface area contributed by atoms with Gasteiger partial charge in [0.2, 0.25) is 0 Å². The van der Waals surface area contributed by atoms with Crippen molar-refractivity contribution in [1.29, 1.82) is 0 Å². The highest BCUT2D eigenvalue weighted by Gasteiger charge is 2.28. The van der Waals surface area contributed by atoms with Crippen molar-refractivity contribution >= 4 is 17.3 Å². The number of ether oxygens (including phenoxy) is 1. The van der Waals surface area contributed by atoms with E-state index < -0.39 is 0 Å². The lowest BCUT2D eigenvalue weighted by Gasteiger charge is -2.33. The molecule has 0 bridgehead atoms. The maximum Gasteiger partial charge on any atom is 0.253 e. The Labute approximate surface area is 126 Å². The molecular formula is C16H25N3O2. The molecule has 1 aromatic carbocycles. The van der Waals surface area contributed by atoms with Crippen molar-refractivity contribution in [3.63, 3.8) is 0 Å². The highest BCUT2D eigenvalue weighted by molar-refractivity contribution is 6.00. The topological polar surface area (TPSA) is 67.6 Å². The molecule has 21 heavy (non-hydrogen) atoms. The van der Waals surface area contributed by atoms with Crippen LogP contribution in [0.2, 0.25) is 0 Å². The Morgan fingerprint density at radius 2 is 2.05 bits per heavy atom. The van der Waals surface area contributed by atoms with Crippen LogP contribution >= 0.6 is 0 Å². The molecular weight excluding hydrogens is 266 g/mol. The van der Waals surface area contributed by atoms with E-state index in [0.717, 1.165) is 31.7 Å². The summed E-state index contributed by atoms with van der Waals surface area (Å²) in [5.74, 6) is -0.0706. The fraction of sp³-hybridized carbons (Fsp3) is 0.562. The van der Waals surface area contributed by atoms with Crippen molar-refractivity contribution in [2.24, 2.45) is 5.41 Å². The van der Waals surface area contributed by atoms with Gasteiger partial charge in [0.05, 0.1) is 5.56 Å². The van der Waals surface area contributed by atoms with Gasteiger partial charge in [-0.2, -0.15) is 0 Å². The van der Waals surface area contributed by atoms with Crippen LogP contribution in [-0.2, 0) is 4.74 Å². The zero-order chi connectivity index (χ0) is 15.5. The lowest BCUT2D eigenvalue weighted by molar-refractivity contribution is 0.0238. The molecule has 1 heterocycles. The Balaban J connectivity index is 2.08. The number of rotatable bonds is 4. The summed E-state index contributed by atoms with van der Waals surface area (Å²) < 4.78 is 5.39. The molecule has 5 nitrogen and oxygen atoms in total. The molecule has 1 amide bonds. The summed E-state index contributed by atoms with van der Waals surface area (Å²) in [5.41, 5.74) is 8.03. The highest BCUT2D eigenvalue weighted by Crippen LogP contribution is 2.29. The van der Waals surface area contributed by atoms with Gasteiger partial charge in [-0.25, -0.2) is 0 Å². The van der Waals surface area contributed by atoms with Crippen molar-refractivity contribution in [1.82, 2.24) is 5.32 Å². The zero-order valence-corrected chi connectivity index (χ0v) is 13.1. The largest absolute Gasteiger partial charge is 0.399 e. The predicted molar refractivity (Wildman–Crippen MR) is 85.7 cm³/mol. The van der Waals surface area contributed by atoms with E-state index in [9.17, 15) is 4.79 Å². The molecule has 0 aliphatic carbocycles. The number of hydrogen-bond acceptors (Lipinski definition) is 4. The summed E-state index contributed by atoms with van der Waals surface area (Å²) in [5, 5.41) is 3.05. The van der Waals surface area contributed by atoms with Gasteiger partial charge in [0.25, 0.3) is 5.91 Å². The van der Waals surface area contributed by atoms with Crippen molar-refractivity contribution in [2.45, 2.75) is 19.8 Å². The van der Waals surface area contributed by atoms with Gasteiger partial charge < -0.3 is 20.7 Å². The fourth-order valence-corrected chi connectivity index (χ4v) is 2.56. The maximum absolute atomic E-state index is 12.5. The van der Waals surface area contributed by atoms with Crippen molar-refractivity contribution < 1.29 is 9.53 Å². The number of anilines is 2. The van der Waals surface area contributed by atoms with Gasteiger partial charge in [-0.15, -0.1) is 0 Å². The second-order valence-electron chi connectivity index (χ2n) is 6.28. The second kappa shape index (κ2) is 6.35. The number of nitrogen functional groups attached to an aromatic ring is 1. The first kappa shape index (κ1) is 15.6. The molecule has 0 unspecified atom stereocenters. The number of nitrogens with zero attached hydrogens (tertiary/aromatic N) is 1. The third-order valence-corrected chi connectivity index (χ3v) is 4.12. The van der Waals surface area contributed by atoms with Crippen LogP contribution in [0.1, 0.15) is 30.1 Å². The molecule has 0 radical (unpaired) electrons. The Morgan fingerprint density at radius 1 is 1.38 bits per heavy atom. The number of amides is 1. The molecule has 2 rings (SSSR count). The summed E-state index contributed by atoms with van der Waals surface area (Å²) in [4.78, 5) is 14.4. The monoisotopic (exact) mass is 291 g/mol. The molecule has 1 aliphatic heterocycles. The minimum atomic E-state index is -0.0706. The number of carbonyl (C=O) groups excluding carboxylic acids is 1. The van der Waals surface area contributed by atoms with Crippen LogP contribution in [0.25, 0.3) is 0 Å². The first-order valence-electron chi connectivity index (χ1n) is 7.34. The molecule has 1 saturated heterocycles. The molecule has 116 valence electrons. The third kappa shape index (κ3) is 3.88. The summed E-state index contributed by atoms with van der Waals surface area (Å²) >= 11 is 0. The summed E-state index contributed by atoms with van der Waals surface area (Å²) in [7, 11) is 3.84. The molecule has 1 aliphatic rings. The van der Waals surface area contributed by atoms with Gasteiger partial charge in [-0.1, -0.05) is 6.92 Å². The molecule has 1 aromatic rings. The third-order valence-electron chi connectivity index (χ3n) is 4.12. The SMILES string of the molecule is CN(C)c1ccc(N)cc1C(=O)NCC1(C)CCOCC1. The van der Waals surface area contributed by atoms with Crippen LogP contribution in [-0.4, -0.2) is 39.8 Å². The van der Waals surface area contributed by atoms with Gasteiger partial charge in [0.15, 0.2) is 0 Å². The number of hydrogen-bond donors (Lipinski definition) is 2. The van der Waals surface area contributed by atoms with Crippen LogP contribution in [0.5, 0.6) is 0 Å². The van der Waals surface area contributed by atoms with Crippen LogP contribution in [0.4, 0.5) is 11.4 Å². The first-order chi connectivity index (χ1) is 9.91. The Bertz CT molecular complexity index is 508. The van der Waals surface area contributed by atoms with E-state index in [4.69, 9.17) is 10.5 Å². The number of benzene rings is 1. The van der Waals surface area contributed by atoms with Gasteiger partial charge in [0, 0.05) is 45.2 Å². The second-order valence-corrected chi connectivity index (χ2v) is 6.28. The summed E-state index contributed by atoms with van der Waals surface area (Å²) in [6, 6.07) is 5.42. The minimum absolute atomic E-state index is 0.0706. The van der Waals surface area contributed by atoms with E-state index in [0.29, 0.717) is 17.8 Å². The van der Waals surface area contributed by atoms with Crippen molar-refractivity contribution in [3.8, 4) is 0 Å². The quantitative estimate of drug-likeness (QED) is 0.831. The molecule has 0 spiro atoms. The first-order valence-corrected chi connectivity index (χ1v) is 7.34. The molecule has 0 aromatic heterocycles. The Kier molecular flexibility index (Phi) is 4.73. The van der Waals surface area contributed by atoms with Crippen molar-refractivity contribution in [3.05, 3.63) is 23.8 Å². The molecule has 0 saturated carbocycles. The lowest BCUT2D eigenvalue weighted by Crippen LogP contribution is -2.39. The molecule has 1 fully saturated rings. The predicted octanol–water partition coefficient (Wildman–Crippen LogP) is 1.88. The molecule has 5 heteroatoms.